The van der Waals surface area contributed by atoms with Gasteiger partial charge in [-0.25, -0.2) is 0 Å². The number of hydrogen-bond donors (Lipinski definition) is 2. The van der Waals surface area contributed by atoms with Gasteiger partial charge in [-0.2, -0.15) is 5.10 Å². The number of carbonyl (C=O) groups excluding carboxylic acids is 1. The van der Waals surface area contributed by atoms with Gasteiger partial charge in [-0.3, -0.25) is 9.89 Å². The number of aromatic nitrogens is 2. The first-order valence-electron chi connectivity index (χ1n) is 6.20. The summed E-state index contributed by atoms with van der Waals surface area (Å²) in [6.07, 6.45) is 2.95. The van der Waals surface area contributed by atoms with Crippen molar-refractivity contribution >= 4 is 5.91 Å². The Hall–Kier alpha value is -2.10. The Kier molecular flexibility index (Phi) is 2.84. The summed E-state index contributed by atoms with van der Waals surface area (Å²) in [5.41, 5.74) is 2.64. The number of nitrogens with one attached hydrogen (secondary N) is 2. The monoisotopic (exact) mass is 241 g/mol. The highest BCUT2D eigenvalue weighted by molar-refractivity contribution is 5.92. The highest BCUT2D eigenvalue weighted by atomic mass is 16.2. The zero-order valence-electron chi connectivity index (χ0n) is 10.0. The molecule has 3 rings (SSSR count). The minimum atomic E-state index is -0.0759. The van der Waals surface area contributed by atoms with Gasteiger partial charge in [-0.15, -0.1) is 0 Å². The number of hydrogen-bond acceptors (Lipinski definition) is 2. The Bertz CT molecular complexity index is 543. The smallest absolute Gasteiger partial charge is 0.271 e. The van der Waals surface area contributed by atoms with Crippen LogP contribution >= 0.6 is 0 Å². The van der Waals surface area contributed by atoms with Crippen molar-refractivity contribution < 1.29 is 4.79 Å². The Morgan fingerprint density at radius 1 is 1.33 bits per heavy atom. The van der Waals surface area contributed by atoms with Crippen LogP contribution in [-0.2, 0) is 6.42 Å². The molecule has 0 bridgehead atoms. The molecule has 1 aromatic heterocycles. The van der Waals surface area contributed by atoms with E-state index in [0.717, 1.165) is 25.0 Å². The van der Waals surface area contributed by atoms with Gasteiger partial charge >= 0.3 is 0 Å². The molecular formula is C14H15N3O. The molecule has 1 saturated carbocycles. The fourth-order valence-electron chi connectivity index (χ4n) is 1.87. The van der Waals surface area contributed by atoms with E-state index in [2.05, 4.69) is 27.6 Å². The van der Waals surface area contributed by atoms with Gasteiger partial charge in [-0.05, 0) is 24.5 Å². The Morgan fingerprint density at radius 3 is 2.83 bits per heavy atom. The molecule has 0 aliphatic heterocycles. The first-order chi connectivity index (χ1) is 8.81. The number of benzene rings is 1. The largest absolute Gasteiger partial charge is 0.348 e. The minimum absolute atomic E-state index is 0.0759. The van der Waals surface area contributed by atoms with Crippen molar-refractivity contribution in [2.45, 2.75) is 25.3 Å². The summed E-state index contributed by atoms with van der Waals surface area (Å²) in [6, 6.07) is 12.3. The topological polar surface area (TPSA) is 57.8 Å². The second kappa shape index (κ2) is 4.64. The van der Waals surface area contributed by atoms with Gasteiger partial charge in [0.25, 0.3) is 5.91 Å². The maximum Gasteiger partial charge on any atom is 0.271 e. The van der Waals surface area contributed by atoms with Crippen molar-refractivity contribution in [3.8, 4) is 0 Å². The molecule has 0 saturated heterocycles. The molecule has 2 N–H and O–H groups in total. The normalized spacial score (nSPS) is 14.4. The molecule has 2 aromatic rings. The van der Waals surface area contributed by atoms with E-state index in [1.165, 1.54) is 5.56 Å². The maximum absolute atomic E-state index is 11.8. The van der Waals surface area contributed by atoms with Gasteiger partial charge in [0.2, 0.25) is 0 Å². The molecule has 1 aliphatic carbocycles. The number of nitrogens with zero attached hydrogens (tertiary/aromatic N) is 1. The summed E-state index contributed by atoms with van der Waals surface area (Å²) < 4.78 is 0. The number of aromatic amines is 1. The third kappa shape index (κ3) is 2.59. The first kappa shape index (κ1) is 11.0. The quantitative estimate of drug-likeness (QED) is 0.858. The molecule has 4 heteroatoms. The van der Waals surface area contributed by atoms with E-state index < -0.39 is 0 Å². The van der Waals surface area contributed by atoms with Crippen LogP contribution in [-0.4, -0.2) is 22.1 Å². The van der Waals surface area contributed by atoms with Crippen LogP contribution in [0.5, 0.6) is 0 Å². The lowest BCUT2D eigenvalue weighted by Gasteiger charge is -1.98. The minimum Gasteiger partial charge on any atom is -0.348 e. The number of H-pyrrole nitrogens is 1. The molecule has 1 amide bonds. The maximum atomic E-state index is 11.8. The predicted molar refractivity (Wildman–Crippen MR) is 68.3 cm³/mol. The van der Waals surface area contributed by atoms with Crippen LogP contribution in [0, 0.1) is 0 Å². The lowest BCUT2D eigenvalue weighted by Crippen LogP contribution is -2.25. The van der Waals surface area contributed by atoms with Crippen LogP contribution in [0.15, 0.2) is 36.4 Å². The Labute approximate surface area is 105 Å². The number of carbonyl (C=O) groups is 1. The summed E-state index contributed by atoms with van der Waals surface area (Å²) in [6.45, 7) is 0. The summed E-state index contributed by atoms with van der Waals surface area (Å²) in [7, 11) is 0. The molecule has 18 heavy (non-hydrogen) atoms. The molecule has 92 valence electrons. The molecule has 4 nitrogen and oxygen atoms in total. The van der Waals surface area contributed by atoms with Crippen molar-refractivity contribution in [1.82, 2.24) is 15.5 Å². The molecule has 0 unspecified atom stereocenters. The van der Waals surface area contributed by atoms with Gasteiger partial charge in [0.15, 0.2) is 0 Å². The summed E-state index contributed by atoms with van der Waals surface area (Å²) in [5.74, 6) is -0.0759. The second-order valence-corrected chi connectivity index (χ2v) is 4.69. The highest BCUT2D eigenvalue weighted by Crippen LogP contribution is 2.19. The van der Waals surface area contributed by atoms with Gasteiger partial charge in [-0.1, -0.05) is 30.3 Å². The van der Waals surface area contributed by atoms with Crippen LogP contribution in [0.25, 0.3) is 0 Å². The van der Waals surface area contributed by atoms with Crippen LogP contribution in [0.2, 0.25) is 0 Å². The number of rotatable bonds is 4. The van der Waals surface area contributed by atoms with E-state index in [-0.39, 0.29) is 5.91 Å². The SMILES string of the molecule is O=C(NC1CC1)c1cc(Cc2ccccc2)[nH]n1. The molecule has 1 fully saturated rings. The van der Waals surface area contributed by atoms with Crippen LogP contribution in [0.4, 0.5) is 0 Å². The molecular weight excluding hydrogens is 226 g/mol. The third-order valence-electron chi connectivity index (χ3n) is 3.01. The van der Waals surface area contributed by atoms with Crippen LogP contribution in [0.3, 0.4) is 0 Å². The van der Waals surface area contributed by atoms with Crippen molar-refractivity contribution in [3.63, 3.8) is 0 Å². The van der Waals surface area contributed by atoms with E-state index in [1.807, 2.05) is 24.3 Å². The van der Waals surface area contributed by atoms with Gasteiger partial charge < -0.3 is 5.32 Å². The van der Waals surface area contributed by atoms with Crippen molar-refractivity contribution in [2.75, 3.05) is 0 Å². The van der Waals surface area contributed by atoms with Crippen molar-refractivity contribution in [1.29, 1.82) is 0 Å². The molecule has 1 heterocycles. The summed E-state index contributed by atoms with van der Waals surface area (Å²) in [4.78, 5) is 11.8. The molecule has 1 aromatic carbocycles. The van der Waals surface area contributed by atoms with Crippen LogP contribution < -0.4 is 5.32 Å². The average Bonchev–Trinajstić information content (AvgIpc) is 3.07. The fourth-order valence-corrected chi connectivity index (χ4v) is 1.87. The lowest BCUT2D eigenvalue weighted by atomic mass is 10.1. The van der Waals surface area contributed by atoms with E-state index in [9.17, 15) is 4.79 Å². The summed E-state index contributed by atoms with van der Waals surface area (Å²) >= 11 is 0. The standard InChI is InChI=1S/C14H15N3O/c18-14(15-11-6-7-11)13-9-12(16-17-13)8-10-4-2-1-3-5-10/h1-5,9,11H,6-8H2,(H,15,18)(H,16,17). The van der Waals surface area contributed by atoms with Crippen molar-refractivity contribution in [2.24, 2.45) is 0 Å². The zero-order valence-corrected chi connectivity index (χ0v) is 10.0. The third-order valence-corrected chi connectivity index (χ3v) is 3.01. The Morgan fingerprint density at radius 2 is 2.11 bits per heavy atom. The molecule has 0 radical (unpaired) electrons. The second-order valence-electron chi connectivity index (χ2n) is 4.69. The predicted octanol–water partition coefficient (Wildman–Crippen LogP) is 1.89. The average molecular weight is 241 g/mol. The number of amides is 1. The van der Waals surface area contributed by atoms with Crippen molar-refractivity contribution in [3.05, 3.63) is 53.3 Å². The van der Waals surface area contributed by atoms with Gasteiger partial charge in [0, 0.05) is 18.2 Å². The molecule has 1 aliphatic rings. The van der Waals surface area contributed by atoms with Crippen LogP contribution in [0.1, 0.15) is 34.6 Å². The van der Waals surface area contributed by atoms with Gasteiger partial charge in [0.05, 0.1) is 0 Å². The Balaban J connectivity index is 1.67. The van der Waals surface area contributed by atoms with Gasteiger partial charge in [0.1, 0.15) is 5.69 Å². The summed E-state index contributed by atoms with van der Waals surface area (Å²) in [5, 5.41) is 9.90. The van der Waals surface area contributed by atoms with E-state index in [4.69, 9.17) is 0 Å². The van der Waals surface area contributed by atoms with E-state index in [0.29, 0.717) is 11.7 Å². The zero-order chi connectivity index (χ0) is 12.4. The van der Waals surface area contributed by atoms with E-state index >= 15 is 0 Å². The van der Waals surface area contributed by atoms with E-state index in [1.54, 1.807) is 0 Å². The molecule has 0 spiro atoms. The molecule has 0 atom stereocenters. The lowest BCUT2D eigenvalue weighted by molar-refractivity contribution is 0.0946. The highest BCUT2D eigenvalue weighted by Gasteiger charge is 2.24. The first-order valence-corrected chi connectivity index (χ1v) is 6.20. The fraction of sp³-hybridized carbons (Fsp3) is 0.286.